The van der Waals surface area contributed by atoms with E-state index in [1.54, 1.807) is 18.2 Å². The van der Waals surface area contributed by atoms with Crippen LogP contribution < -0.4 is 4.90 Å². The minimum atomic E-state index is -1.19. The number of para-hydroxylation sites is 1. The van der Waals surface area contributed by atoms with Crippen LogP contribution in [0.2, 0.25) is 5.02 Å². The molecule has 2 bridgehead atoms. The van der Waals surface area contributed by atoms with E-state index in [1.165, 1.54) is 15.9 Å². The van der Waals surface area contributed by atoms with Crippen LogP contribution in [0.1, 0.15) is 31.7 Å². The Labute approximate surface area is 216 Å². The summed E-state index contributed by atoms with van der Waals surface area (Å²) in [5.41, 5.74) is -0.777. The average molecular weight is 517 g/mol. The first-order valence-electron chi connectivity index (χ1n) is 12.2. The summed E-state index contributed by atoms with van der Waals surface area (Å²) in [6.07, 6.45) is 4.32. The van der Waals surface area contributed by atoms with Crippen LogP contribution in [0.25, 0.3) is 0 Å². The van der Waals surface area contributed by atoms with E-state index in [0.29, 0.717) is 23.6 Å². The lowest BCUT2D eigenvalue weighted by Crippen LogP contribution is -2.56. The number of fused-ring (bicyclic) bond motifs is 1. The molecule has 3 fully saturated rings. The van der Waals surface area contributed by atoms with Gasteiger partial charge in [-0.15, -0.1) is 6.58 Å². The molecule has 5 atom stereocenters. The van der Waals surface area contributed by atoms with Crippen LogP contribution in [-0.4, -0.2) is 71.3 Å². The first-order valence-corrected chi connectivity index (χ1v) is 12.6. The third-order valence-corrected chi connectivity index (χ3v) is 8.01. The van der Waals surface area contributed by atoms with E-state index in [2.05, 4.69) is 13.2 Å². The molecule has 2 unspecified atom stereocenters. The topological polar surface area (TPSA) is 96.4 Å². The maximum Gasteiger partial charge on any atom is 0.313 e. The van der Waals surface area contributed by atoms with E-state index >= 15 is 0 Å². The number of ether oxygens (including phenoxy) is 2. The Morgan fingerprint density at radius 3 is 2.72 bits per heavy atom. The molecule has 0 aromatic heterocycles. The Bertz CT molecular complexity index is 1070. The summed E-state index contributed by atoms with van der Waals surface area (Å²) in [6.45, 7) is 11.3. The van der Waals surface area contributed by atoms with E-state index in [9.17, 15) is 19.5 Å². The maximum atomic E-state index is 14.4. The summed E-state index contributed by atoms with van der Waals surface area (Å²) >= 11 is 6.54. The van der Waals surface area contributed by atoms with Crippen LogP contribution in [0.5, 0.6) is 0 Å². The minimum absolute atomic E-state index is 0.0226. The molecular formula is C27H33ClN2O6. The number of aryl methyl sites for hydroxylation is 1. The Balaban J connectivity index is 1.81. The van der Waals surface area contributed by atoms with Crippen LogP contribution in [0.3, 0.4) is 0 Å². The lowest BCUT2D eigenvalue weighted by Gasteiger charge is -2.37. The maximum absolute atomic E-state index is 14.4. The van der Waals surface area contributed by atoms with E-state index < -0.39 is 35.0 Å². The van der Waals surface area contributed by atoms with Crippen LogP contribution >= 0.6 is 11.6 Å². The summed E-state index contributed by atoms with van der Waals surface area (Å²) in [5.74, 6) is -2.93. The molecule has 36 heavy (non-hydrogen) atoms. The van der Waals surface area contributed by atoms with Crippen LogP contribution in [-0.2, 0) is 23.9 Å². The number of anilines is 1. The van der Waals surface area contributed by atoms with Crippen molar-refractivity contribution in [2.24, 2.45) is 11.8 Å². The van der Waals surface area contributed by atoms with Gasteiger partial charge in [-0.05, 0) is 44.7 Å². The predicted molar refractivity (Wildman–Crippen MR) is 136 cm³/mol. The fourth-order valence-electron chi connectivity index (χ4n) is 6.31. The van der Waals surface area contributed by atoms with Gasteiger partial charge in [0.25, 0.3) is 5.91 Å². The second kappa shape index (κ2) is 10.00. The number of nitrogens with zero attached hydrogens (tertiary/aromatic N) is 2. The largest absolute Gasteiger partial charge is 0.461 e. The summed E-state index contributed by atoms with van der Waals surface area (Å²) < 4.78 is 11.9. The molecule has 4 rings (SSSR count). The Hall–Kier alpha value is -2.68. The van der Waals surface area contributed by atoms with Crippen LogP contribution in [0.4, 0.5) is 5.69 Å². The number of hydrogen-bond acceptors (Lipinski definition) is 6. The molecule has 3 heterocycles. The zero-order valence-electron chi connectivity index (χ0n) is 20.7. The lowest BCUT2D eigenvalue weighted by atomic mass is 9.66. The molecule has 9 heteroatoms. The smallest absolute Gasteiger partial charge is 0.313 e. The number of likely N-dealkylation sites (tertiary alicyclic amines) is 1. The molecule has 1 N–H and O–H groups in total. The lowest BCUT2D eigenvalue weighted by molar-refractivity contribution is -0.158. The van der Waals surface area contributed by atoms with Gasteiger partial charge in [-0.25, -0.2) is 0 Å². The molecule has 0 radical (unpaired) electrons. The van der Waals surface area contributed by atoms with Crippen molar-refractivity contribution in [1.82, 2.24) is 4.90 Å². The third-order valence-electron chi connectivity index (χ3n) is 7.70. The van der Waals surface area contributed by atoms with Crippen molar-refractivity contribution in [2.75, 3.05) is 31.2 Å². The molecule has 1 aromatic rings. The number of amides is 2. The van der Waals surface area contributed by atoms with E-state index in [1.807, 2.05) is 19.9 Å². The van der Waals surface area contributed by atoms with Crippen molar-refractivity contribution in [3.05, 3.63) is 54.1 Å². The van der Waals surface area contributed by atoms with Gasteiger partial charge in [0.15, 0.2) is 0 Å². The molecular weight excluding hydrogens is 484 g/mol. The van der Waals surface area contributed by atoms with E-state index in [4.69, 9.17) is 21.1 Å². The van der Waals surface area contributed by atoms with Gasteiger partial charge in [0.05, 0.1) is 22.2 Å². The van der Waals surface area contributed by atoms with Crippen molar-refractivity contribution in [2.45, 2.75) is 50.4 Å². The highest BCUT2D eigenvalue weighted by molar-refractivity contribution is 6.34. The number of aliphatic hydroxyl groups is 1. The second-order valence-electron chi connectivity index (χ2n) is 9.90. The number of halogens is 1. The minimum Gasteiger partial charge on any atom is -0.461 e. The molecule has 194 valence electrons. The van der Waals surface area contributed by atoms with Gasteiger partial charge in [-0.3, -0.25) is 14.4 Å². The third kappa shape index (κ3) is 3.96. The van der Waals surface area contributed by atoms with E-state index in [-0.39, 0.29) is 44.5 Å². The van der Waals surface area contributed by atoms with Gasteiger partial charge >= 0.3 is 5.97 Å². The highest BCUT2D eigenvalue weighted by Gasteiger charge is 2.78. The van der Waals surface area contributed by atoms with Crippen molar-refractivity contribution in [3.63, 3.8) is 0 Å². The number of benzene rings is 1. The molecule has 2 amide bonds. The van der Waals surface area contributed by atoms with Gasteiger partial charge in [-0.2, -0.15) is 0 Å². The molecule has 3 aliphatic rings. The Morgan fingerprint density at radius 1 is 1.33 bits per heavy atom. The summed E-state index contributed by atoms with van der Waals surface area (Å²) in [4.78, 5) is 44.4. The van der Waals surface area contributed by atoms with Crippen molar-refractivity contribution >= 4 is 35.1 Å². The number of esters is 1. The first-order chi connectivity index (χ1) is 17.2. The quantitative estimate of drug-likeness (QED) is 0.379. The van der Waals surface area contributed by atoms with E-state index in [0.717, 1.165) is 5.56 Å². The Morgan fingerprint density at radius 2 is 2.08 bits per heavy atom. The van der Waals surface area contributed by atoms with Gasteiger partial charge in [0.1, 0.15) is 24.2 Å². The highest BCUT2D eigenvalue weighted by Crippen LogP contribution is 2.63. The van der Waals surface area contributed by atoms with Crippen molar-refractivity contribution in [3.8, 4) is 0 Å². The fourth-order valence-corrected chi connectivity index (χ4v) is 6.63. The SMILES string of the molecule is C=CCOC(=O)[C@@H]1[C@H]2C(=O)N(CCCO)C(C(=O)N(CC=C)c3c(C)cccc3Cl)C23CC[C@@]1(C)O3. The number of rotatable bonds is 10. The normalized spacial score (nSPS) is 30.3. The van der Waals surface area contributed by atoms with Crippen molar-refractivity contribution < 1.29 is 29.0 Å². The number of hydrogen-bond donors (Lipinski definition) is 1. The van der Waals surface area contributed by atoms with Crippen LogP contribution in [0, 0.1) is 18.8 Å². The number of carbonyl (C=O) groups is 3. The summed E-state index contributed by atoms with van der Waals surface area (Å²) in [7, 11) is 0. The molecule has 1 aromatic carbocycles. The predicted octanol–water partition coefficient (Wildman–Crippen LogP) is 3.04. The second-order valence-corrected chi connectivity index (χ2v) is 10.3. The molecule has 8 nitrogen and oxygen atoms in total. The molecule has 0 saturated carbocycles. The molecule has 3 aliphatic heterocycles. The molecule has 0 aliphatic carbocycles. The summed E-state index contributed by atoms with van der Waals surface area (Å²) in [5, 5.41) is 9.92. The first kappa shape index (κ1) is 26.4. The standard InChI is InChI=1S/C27H33ClN2O6/c1-5-13-29(21-17(3)9-7-10-18(21)28)24(33)22-27-12-11-26(4,36-27)20(25(34)35-16-6-2)19(27)23(32)30(22)14-8-15-31/h5-7,9-10,19-20,22,31H,1-2,8,11-16H2,3-4H3/t19-,20-,22?,26+,27?/m0/s1. The van der Waals surface area contributed by atoms with Gasteiger partial charge < -0.3 is 24.4 Å². The fraction of sp³-hybridized carbons (Fsp3) is 0.519. The molecule has 1 spiro atoms. The number of aliphatic hydroxyl groups excluding tert-OH is 1. The van der Waals surface area contributed by atoms with Crippen LogP contribution in [0.15, 0.2) is 43.5 Å². The average Bonchev–Trinajstić information content (AvgIpc) is 3.40. The van der Waals surface area contributed by atoms with Gasteiger partial charge in [0, 0.05) is 19.7 Å². The zero-order valence-corrected chi connectivity index (χ0v) is 21.5. The number of carbonyl (C=O) groups excluding carboxylic acids is 3. The Kier molecular flexibility index (Phi) is 7.33. The van der Waals surface area contributed by atoms with Gasteiger partial charge in [-0.1, -0.05) is 42.5 Å². The monoisotopic (exact) mass is 516 g/mol. The summed E-state index contributed by atoms with van der Waals surface area (Å²) in [6, 6.07) is 4.39. The highest BCUT2D eigenvalue weighted by atomic mass is 35.5. The molecule has 3 saturated heterocycles. The zero-order chi connectivity index (χ0) is 26.3. The van der Waals surface area contributed by atoms with Gasteiger partial charge in [0.2, 0.25) is 5.91 Å². The van der Waals surface area contributed by atoms with Crippen molar-refractivity contribution in [1.29, 1.82) is 0 Å².